The molecule has 116 valence electrons. The number of carbonyl (C=O) groups excluding carboxylic acids is 1. The van der Waals surface area contributed by atoms with Gasteiger partial charge in [0, 0.05) is 37.9 Å². The molecule has 1 aliphatic rings. The fourth-order valence-corrected chi connectivity index (χ4v) is 2.85. The number of amides is 1. The highest BCUT2D eigenvalue weighted by Gasteiger charge is 2.25. The highest BCUT2D eigenvalue weighted by atomic mass is 16.5. The quantitative estimate of drug-likeness (QED) is 0.855. The van der Waals surface area contributed by atoms with Crippen molar-refractivity contribution in [3.63, 3.8) is 0 Å². The van der Waals surface area contributed by atoms with Gasteiger partial charge >= 0.3 is 0 Å². The summed E-state index contributed by atoms with van der Waals surface area (Å²) in [5.74, 6) is 0.263. The van der Waals surface area contributed by atoms with Gasteiger partial charge in [-0.05, 0) is 38.0 Å². The van der Waals surface area contributed by atoms with Gasteiger partial charge in [0.15, 0.2) is 0 Å². The number of hydrogen-bond acceptors (Lipinski definition) is 4. The highest BCUT2D eigenvalue weighted by molar-refractivity contribution is 5.91. The van der Waals surface area contributed by atoms with Crippen LogP contribution in [0.5, 0.6) is 0 Å². The molecule has 5 heteroatoms. The Hall–Kier alpha value is -2.30. The highest BCUT2D eigenvalue weighted by Crippen LogP contribution is 2.24. The lowest BCUT2D eigenvalue weighted by atomic mass is 10.1. The first-order valence-corrected chi connectivity index (χ1v) is 7.60. The predicted octanol–water partition coefficient (Wildman–Crippen LogP) is 2.56. The summed E-state index contributed by atoms with van der Waals surface area (Å²) in [7, 11) is 0. The molecule has 0 unspecified atom stereocenters. The molecule has 1 aromatic carbocycles. The van der Waals surface area contributed by atoms with E-state index in [1.807, 2.05) is 11.8 Å². The third-order valence-electron chi connectivity index (χ3n) is 4.32. The number of piperazine rings is 1. The molecule has 0 atom stereocenters. The van der Waals surface area contributed by atoms with Crippen LogP contribution >= 0.6 is 0 Å². The number of benzene rings is 1. The summed E-state index contributed by atoms with van der Waals surface area (Å²) in [5.41, 5.74) is 4.61. The first-order valence-electron chi connectivity index (χ1n) is 7.60. The van der Waals surface area contributed by atoms with Crippen LogP contribution in [0.4, 0.5) is 5.69 Å². The largest absolute Gasteiger partial charge is 0.368 e. The summed E-state index contributed by atoms with van der Waals surface area (Å²) in [5, 5.41) is 3.78. The number of nitrogens with zero attached hydrogens (tertiary/aromatic N) is 3. The average Bonchev–Trinajstić information content (AvgIpc) is 2.96. The maximum atomic E-state index is 12.4. The first-order chi connectivity index (χ1) is 10.6. The van der Waals surface area contributed by atoms with E-state index in [-0.39, 0.29) is 5.91 Å². The minimum Gasteiger partial charge on any atom is -0.368 e. The molecule has 0 N–H and O–H groups in total. The molecule has 0 radical (unpaired) electrons. The Morgan fingerprint density at radius 3 is 2.50 bits per heavy atom. The lowest BCUT2D eigenvalue weighted by Gasteiger charge is -2.36. The molecule has 1 aliphatic heterocycles. The number of aryl methyl sites for hydroxylation is 2. The molecule has 5 nitrogen and oxygen atoms in total. The fourth-order valence-electron chi connectivity index (χ4n) is 2.85. The molecule has 1 amide bonds. The Bertz CT molecular complexity index is 685. The number of anilines is 1. The van der Waals surface area contributed by atoms with E-state index in [0.29, 0.717) is 18.8 Å². The second kappa shape index (κ2) is 5.83. The van der Waals surface area contributed by atoms with E-state index in [1.54, 1.807) is 6.07 Å². The second-order valence-electron chi connectivity index (χ2n) is 5.83. The van der Waals surface area contributed by atoms with E-state index in [2.05, 4.69) is 42.1 Å². The smallest absolute Gasteiger partial charge is 0.292 e. The molecule has 1 saturated heterocycles. The van der Waals surface area contributed by atoms with Crippen molar-refractivity contribution in [2.75, 3.05) is 31.1 Å². The molecule has 0 spiro atoms. The minimum atomic E-state index is -0.0683. The molecule has 0 saturated carbocycles. The van der Waals surface area contributed by atoms with Gasteiger partial charge in [-0.25, -0.2) is 0 Å². The molecule has 1 aromatic heterocycles. The van der Waals surface area contributed by atoms with Crippen molar-refractivity contribution >= 4 is 11.6 Å². The molecule has 2 heterocycles. The first kappa shape index (κ1) is 14.6. The predicted molar refractivity (Wildman–Crippen MR) is 85.3 cm³/mol. The van der Waals surface area contributed by atoms with E-state index in [1.165, 1.54) is 16.8 Å². The third-order valence-corrected chi connectivity index (χ3v) is 4.32. The lowest BCUT2D eigenvalue weighted by molar-refractivity contribution is 0.0704. The van der Waals surface area contributed by atoms with E-state index < -0.39 is 0 Å². The summed E-state index contributed by atoms with van der Waals surface area (Å²) in [6, 6.07) is 8.07. The summed E-state index contributed by atoms with van der Waals surface area (Å²) in [6.45, 7) is 9.17. The van der Waals surface area contributed by atoms with Crippen LogP contribution in [-0.4, -0.2) is 42.1 Å². The fraction of sp³-hybridized carbons (Fsp3) is 0.412. The molecule has 2 aromatic rings. The minimum absolute atomic E-state index is 0.0683. The third kappa shape index (κ3) is 2.71. The zero-order chi connectivity index (χ0) is 15.7. The van der Waals surface area contributed by atoms with E-state index in [9.17, 15) is 4.79 Å². The molecular weight excluding hydrogens is 278 g/mol. The Kier molecular flexibility index (Phi) is 3.88. The van der Waals surface area contributed by atoms with Crippen LogP contribution in [0.2, 0.25) is 0 Å². The Morgan fingerprint density at radius 2 is 1.86 bits per heavy atom. The zero-order valence-corrected chi connectivity index (χ0v) is 13.3. The van der Waals surface area contributed by atoms with Gasteiger partial charge in [0.05, 0.1) is 5.69 Å². The van der Waals surface area contributed by atoms with Gasteiger partial charge in [-0.2, -0.15) is 0 Å². The SMILES string of the molecule is Cc1cc(C(=O)N2CCN(c3cccc(C)c3C)CC2)on1. The summed E-state index contributed by atoms with van der Waals surface area (Å²) >= 11 is 0. The topological polar surface area (TPSA) is 49.6 Å². The number of carbonyl (C=O) groups is 1. The molecule has 0 aliphatic carbocycles. The average molecular weight is 299 g/mol. The van der Waals surface area contributed by atoms with Crippen molar-refractivity contribution in [2.45, 2.75) is 20.8 Å². The van der Waals surface area contributed by atoms with Gasteiger partial charge in [0.2, 0.25) is 5.76 Å². The number of hydrogen-bond donors (Lipinski definition) is 0. The molecule has 0 bridgehead atoms. The monoisotopic (exact) mass is 299 g/mol. The van der Waals surface area contributed by atoms with E-state index >= 15 is 0 Å². The van der Waals surface area contributed by atoms with Crippen molar-refractivity contribution in [2.24, 2.45) is 0 Å². The Balaban J connectivity index is 1.67. The van der Waals surface area contributed by atoms with Crippen LogP contribution in [0.3, 0.4) is 0 Å². The Labute approximate surface area is 130 Å². The van der Waals surface area contributed by atoms with Gasteiger partial charge in [-0.1, -0.05) is 17.3 Å². The van der Waals surface area contributed by atoms with Crippen molar-refractivity contribution in [1.29, 1.82) is 0 Å². The molecule has 3 rings (SSSR count). The van der Waals surface area contributed by atoms with Gasteiger partial charge in [0.1, 0.15) is 0 Å². The van der Waals surface area contributed by atoms with Crippen LogP contribution in [-0.2, 0) is 0 Å². The zero-order valence-electron chi connectivity index (χ0n) is 13.3. The van der Waals surface area contributed by atoms with E-state index in [4.69, 9.17) is 4.52 Å². The van der Waals surface area contributed by atoms with Gasteiger partial charge in [0.25, 0.3) is 5.91 Å². The summed E-state index contributed by atoms with van der Waals surface area (Å²) < 4.78 is 5.07. The molecule has 1 fully saturated rings. The van der Waals surface area contributed by atoms with Crippen LogP contribution in [0.1, 0.15) is 27.4 Å². The van der Waals surface area contributed by atoms with E-state index in [0.717, 1.165) is 18.8 Å². The normalized spacial score (nSPS) is 15.2. The van der Waals surface area contributed by atoms with Crippen LogP contribution in [0.15, 0.2) is 28.8 Å². The second-order valence-corrected chi connectivity index (χ2v) is 5.83. The maximum absolute atomic E-state index is 12.4. The summed E-state index contributed by atoms with van der Waals surface area (Å²) in [4.78, 5) is 16.5. The maximum Gasteiger partial charge on any atom is 0.292 e. The Morgan fingerprint density at radius 1 is 1.14 bits per heavy atom. The van der Waals surface area contributed by atoms with Crippen LogP contribution in [0, 0.1) is 20.8 Å². The van der Waals surface area contributed by atoms with Crippen LogP contribution in [0.25, 0.3) is 0 Å². The lowest BCUT2D eigenvalue weighted by Crippen LogP contribution is -2.49. The van der Waals surface area contributed by atoms with Crippen molar-refractivity contribution in [1.82, 2.24) is 10.1 Å². The van der Waals surface area contributed by atoms with Gasteiger partial charge in [-0.3, -0.25) is 4.79 Å². The molecular formula is C17H21N3O2. The number of rotatable bonds is 2. The van der Waals surface area contributed by atoms with Gasteiger partial charge in [-0.15, -0.1) is 0 Å². The number of aromatic nitrogens is 1. The van der Waals surface area contributed by atoms with Crippen molar-refractivity contribution in [3.05, 3.63) is 46.8 Å². The van der Waals surface area contributed by atoms with Crippen molar-refractivity contribution < 1.29 is 9.32 Å². The standard InChI is InChI=1S/C17H21N3O2/c1-12-5-4-6-15(14(12)3)19-7-9-20(10-8-19)17(21)16-11-13(2)18-22-16/h4-6,11H,7-10H2,1-3H3. The summed E-state index contributed by atoms with van der Waals surface area (Å²) in [6.07, 6.45) is 0. The van der Waals surface area contributed by atoms with Crippen LogP contribution < -0.4 is 4.90 Å². The van der Waals surface area contributed by atoms with Gasteiger partial charge < -0.3 is 14.3 Å². The van der Waals surface area contributed by atoms with Crippen molar-refractivity contribution in [3.8, 4) is 0 Å². The molecule has 22 heavy (non-hydrogen) atoms.